The lowest BCUT2D eigenvalue weighted by atomic mass is 9.83. The highest BCUT2D eigenvalue weighted by molar-refractivity contribution is 4.86. The number of hydrogen-bond acceptors (Lipinski definition) is 2. The van der Waals surface area contributed by atoms with Gasteiger partial charge < -0.3 is 5.73 Å². The molecule has 0 aromatic carbocycles. The molecule has 2 nitrogen and oxygen atoms in total. The smallest absolute Gasteiger partial charge is 0.330 e. The van der Waals surface area contributed by atoms with Crippen LogP contribution in [-0.2, 0) is 0 Å². The molecule has 17 heavy (non-hydrogen) atoms. The summed E-state index contributed by atoms with van der Waals surface area (Å²) < 4.78 is 37.7. The molecule has 0 saturated heterocycles. The molecule has 2 atom stereocenters. The average Bonchev–Trinajstić information content (AvgIpc) is 2.24. The second kappa shape index (κ2) is 6.05. The van der Waals surface area contributed by atoms with Crippen molar-refractivity contribution in [3.05, 3.63) is 0 Å². The van der Waals surface area contributed by atoms with Crippen LogP contribution in [0, 0.1) is 5.92 Å². The van der Waals surface area contributed by atoms with Crippen molar-refractivity contribution in [2.75, 3.05) is 13.1 Å². The van der Waals surface area contributed by atoms with Crippen LogP contribution in [0.1, 0.15) is 39.5 Å². The molecular formula is C12H23F3N2. The first kappa shape index (κ1) is 14.8. The van der Waals surface area contributed by atoms with Gasteiger partial charge in [0, 0.05) is 12.1 Å². The van der Waals surface area contributed by atoms with Crippen molar-refractivity contribution in [2.45, 2.75) is 57.8 Å². The van der Waals surface area contributed by atoms with Crippen LogP contribution in [0.4, 0.5) is 13.2 Å². The van der Waals surface area contributed by atoms with Crippen molar-refractivity contribution in [3.63, 3.8) is 0 Å². The molecule has 1 aliphatic rings. The van der Waals surface area contributed by atoms with Gasteiger partial charge in [-0.15, -0.1) is 0 Å². The number of nitrogens with zero attached hydrogens (tertiary/aromatic N) is 1. The first-order valence-electron chi connectivity index (χ1n) is 6.37. The first-order valence-corrected chi connectivity index (χ1v) is 6.37. The SMILES string of the molecule is CC(C)N(CC(F)(F)F)C1CCCCC1CN. The Bertz CT molecular complexity index is 228. The Morgan fingerprint density at radius 1 is 1.24 bits per heavy atom. The average molecular weight is 252 g/mol. The Hall–Kier alpha value is -0.290. The van der Waals surface area contributed by atoms with Crippen molar-refractivity contribution in [3.8, 4) is 0 Å². The molecule has 0 amide bonds. The van der Waals surface area contributed by atoms with E-state index < -0.39 is 12.7 Å². The highest BCUT2D eigenvalue weighted by Crippen LogP contribution is 2.31. The van der Waals surface area contributed by atoms with Crippen LogP contribution in [0.15, 0.2) is 0 Å². The largest absolute Gasteiger partial charge is 0.401 e. The van der Waals surface area contributed by atoms with E-state index in [9.17, 15) is 13.2 Å². The summed E-state index contributed by atoms with van der Waals surface area (Å²) in [6.07, 6.45) is -0.211. The van der Waals surface area contributed by atoms with Gasteiger partial charge in [-0.1, -0.05) is 12.8 Å². The van der Waals surface area contributed by atoms with E-state index in [4.69, 9.17) is 5.73 Å². The number of hydrogen-bond donors (Lipinski definition) is 1. The minimum absolute atomic E-state index is 0.00428. The molecule has 0 heterocycles. The number of rotatable bonds is 4. The maximum atomic E-state index is 12.6. The zero-order valence-electron chi connectivity index (χ0n) is 10.6. The van der Waals surface area contributed by atoms with Crippen molar-refractivity contribution in [1.82, 2.24) is 4.90 Å². The van der Waals surface area contributed by atoms with E-state index in [2.05, 4.69) is 0 Å². The van der Waals surface area contributed by atoms with E-state index in [-0.39, 0.29) is 18.0 Å². The maximum absolute atomic E-state index is 12.6. The Kier molecular flexibility index (Phi) is 5.25. The van der Waals surface area contributed by atoms with Crippen LogP contribution in [0.2, 0.25) is 0 Å². The van der Waals surface area contributed by atoms with E-state index >= 15 is 0 Å². The summed E-state index contributed by atoms with van der Waals surface area (Å²) >= 11 is 0. The quantitative estimate of drug-likeness (QED) is 0.833. The minimum atomic E-state index is -4.12. The second-order valence-electron chi connectivity index (χ2n) is 5.23. The molecule has 2 N–H and O–H groups in total. The molecule has 0 aromatic rings. The molecule has 102 valence electrons. The summed E-state index contributed by atoms with van der Waals surface area (Å²) in [7, 11) is 0. The predicted octanol–water partition coefficient (Wildman–Crippen LogP) is 2.78. The Morgan fingerprint density at radius 3 is 2.29 bits per heavy atom. The van der Waals surface area contributed by atoms with Crippen LogP contribution >= 0.6 is 0 Å². The second-order valence-corrected chi connectivity index (χ2v) is 5.23. The van der Waals surface area contributed by atoms with Gasteiger partial charge in [-0.25, -0.2) is 0 Å². The zero-order chi connectivity index (χ0) is 13.1. The molecule has 0 aromatic heterocycles. The van der Waals surface area contributed by atoms with Gasteiger partial charge >= 0.3 is 6.18 Å². The van der Waals surface area contributed by atoms with Crippen LogP contribution in [-0.4, -0.2) is 36.2 Å². The molecule has 0 radical (unpaired) electrons. The fraction of sp³-hybridized carbons (Fsp3) is 1.00. The monoisotopic (exact) mass is 252 g/mol. The van der Waals surface area contributed by atoms with E-state index in [1.807, 2.05) is 13.8 Å². The Labute approximate surface area is 101 Å². The maximum Gasteiger partial charge on any atom is 0.401 e. The molecule has 0 aliphatic heterocycles. The van der Waals surface area contributed by atoms with Crippen LogP contribution in [0.25, 0.3) is 0 Å². The van der Waals surface area contributed by atoms with Crippen LogP contribution < -0.4 is 5.73 Å². The third-order valence-electron chi connectivity index (χ3n) is 3.62. The summed E-state index contributed by atoms with van der Waals surface area (Å²) in [6.45, 7) is 3.33. The predicted molar refractivity (Wildman–Crippen MR) is 62.7 cm³/mol. The van der Waals surface area contributed by atoms with Crippen molar-refractivity contribution in [2.24, 2.45) is 11.7 Å². The lowest BCUT2D eigenvalue weighted by Crippen LogP contribution is -2.51. The van der Waals surface area contributed by atoms with Gasteiger partial charge in [0.25, 0.3) is 0 Å². The highest BCUT2D eigenvalue weighted by atomic mass is 19.4. The van der Waals surface area contributed by atoms with Crippen molar-refractivity contribution in [1.29, 1.82) is 0 Å². The molecule has 2 unspecified atom stereocenters. The van der Waals surface area contributed by atoms with E-state index in [1.54, 1.807) is 4.90 Å². The van der Waals surface area contributed by atoms with Gasteiger partial charge in [0.15, 0.2) is 0 Å². The lowest BCUT2D eigenvalue weighted by molar-refractivity contribution is -0.159. The standard InChI is InChI=1S/C12H23F3N2/c1-9(2)17(8-12(13,14)15)11-6-4-3-5-10(11)7-16/h9-11H,3-8,16H2,1-2H3. The normalized spacial score (nSPS) is 26.8. The van der Waals surface area contributed by atoms with E-state index in [0.717, 1.165) is 25.7 Å². The molecule has 1 fully saturated rings. The van der Waals surface area contributed by atoms with Gasteiger partial charge in [0.1, 0.15) is 0 Å². The molecule has 1 saturated carbocycles. The van der Waals surface area contributed by atoms with Gasteiger partial charge in [0.05, 0.1) is 6.54 Å². The molecule has 0 spiro atoms. The van der Waals surface area contributed by atoms with Gasteiger partial charge in [-0.2, -0.15) is 13.2 Å². The Morgan fingerprint density at radius 2 is 1.82 bits per heavy atom. The van der Waals surface area contributed by atoms with Gasteiger partial charge in [0.2, 0.25) is 0 Å². The topological polar surface area (TPSA) is 29.3 Å². The molecule has 5 heteroatoms. The summed E-state index contributed by atoms with van der Waals surface area (Å²) in [5.74, 6) is 0.216. The molecule has 1 rings (SSSR count). The summed E-state index contributed by atoms with van der Waals surface area (Å²) in [5, 5.41) is 0. The minimum Gasteiger partial charge on any atom is -0.330 e. The first-order chi connectivity index (χ1) is 7.85. The summed E-state index contributed by atoms with van der Waals surface area (Å²) in [4.78, 5) is 1.58. The summed E-state index contributed by atoms with van der Waals surface area (Å²) in [6, 6.07) is -0.0934. The molecule has 0 bridgehead atoms. The lowest BCUT2D eigenvalue weighted by Gasteiger charge is -2.42. The highest BCUT2D eigenvalue weighted by Gasteiger charge is 2.38. The van der Waals surface area contributed by atoms with Crippen LogP contribution in [0.3, 0.4) is 0 Å². The fourth-order valence-electron chi connectivity index (χ4n) is 2.79. The number of halogens is 3. The number of alkyl halides is 3. The van der Waals surface area contributed by atoms with Crippen molar-refractivity contribution >= 4 is 0 Å². The fourth-order valence-corrected chi connectivity index (χ4v) is 2.79. The van der Waals surface area contributed by atoms with Crippen LogP contribution in [0.5, 0.6) is 0 Å². The third kappa shape index (κ3) is 4.47. The van der Waals surface area contributed by atoms with Gasteiger partial charge in [-0.3, -0.25) is 4.90 Å². The molecular weight excluding hydrogens is 229 g/mol. The van der Waals surface area contributed by atoms with E-state index in [1.165, 1.54) is 0 Å². The third-order valence-corrected chi connectivity index (χ3v) is 3.62. The van der Waals surface area contributed by atoms with Crippen molar-refractivity contribution < 1.29 is 13.2 Å². The van der Waals surface area contributed by atoms with E-state index in [0.29, 0.717) is 6.54 Å². The zero-order valence-corrected chi connectivity index (χ0v) is 10.6. The number of nitrogens with two attached hydrogens (primary N) is 1. The molecule has 1 aliphatic carbocycles. The van der Waals surface area contributed by atoms with Gasteiger partial charge in [-0.05, 0) is 39.2 Å². The summed E-state index contributed by atoms with van der Waals surface area (Å²) in [5.41, 5.74) is 5.69. The Balaban J connectivity index is 2.74.